The summed E-state index contributed by atoms with van der Waals surface area (Å²) in [7, 11) is 1.60. The highest BCUT2D eigenvalue weighted by atomic mass is 19.1. The van der Waals surface area contributed by atoms with Crippen LogP contribution in [-0.4, -0.2) is 13.7 Å². The molecule has 0 aromatic heterocycles. The lowest BCUT2D eigenvalue weighted by molar-refractivity contribution is 0.404. The van der Waals surface area contributed by atoms with Gasteiger partial charge in [0.15, 0.2) is 0 Å². The van der Waals surface area contributed by atoms with Crippen LogP contribution in [0.1, 0.15) is 16.7 Å². The highest BCUT2D eigenvalue weighted by Gasteiger charge is 2.12. The molecule has 1 aromatic rings. The van der Waals surface area contributed by atoms with Gasteiger partial charge in [0, 0.05) is 5.56 Å². The Bertz CT molecular complexity index is 337. The van der Waals surface area contributed by atoms with Crippen molar-refractivity contribution in [3.63, 3.8) is 0 Å². The molecule has 0 spiro atoms. The predicted molar refractivity (Wildman–Crippen MR) is 55.2 cm³/mol. The zero-order chi connectivity index (χ0) is 10.7. The van der Waals surface area contributed by atoms with Gasteiger partial charge in [0.05, 0.1) is 7.11 Å². The van der Waals surface area contributed by atoms with E-state index >= 15 is 0 Å². The Balaban J connectivity index is 3.32. The summed E-state index contributed by atoms with van der Waals surface area (Å²) in [6.45, 7) is 4.09. The van der Waals surface area contributed by atoms with E-state index in [0.29, 0.717) is 18.5 Å². The first-order chi connectivity index (χ1) is 6.61. The molecule has 0 radical (unpaired) electrons. The number of rotatable bonds is 3. The fourth-order valence-corrected chi connectivity index (χ4v) is 1.65. The van der Waals surface area contributed by atoms with E-state index in [-0.39, 0.29) is 5.82 Å². The summed E-state index contributed by atoms with van der Waals surface area (Å²) >= 11 is 0. The molecule has 0 heterocycles. The summed E-state index contributed by atoms with van der Waals surface area (Å²) in [5.41, 5.74) is 7.81. The number of nitrogens with two attached hydrogens (primary N) is 1. The van der Waals surface area contributed by atoms with Gasteiger partial charge in [0.2, 0.25) is 0 Å². The first-order valence-electron chi connectivity index (χ1n) is 4.64. The Morgan fingerprint density at radius 3 is 2.57 bits per heavy atom. The number of benzene rings is 1. The van der Waals surface area contributed by atoms with Crippen molar-refractivity contribution < 1.29 is 9.13 Å². The number of ether oxygens (including phenoxy) is 1. The molecule has 0 bridgehead atoms. The van der Waals surface area contributed by atoms with Gasteiger partial charge in [-0.3, -0.25) is 0 Å². The zero-order valence-corrected chi connectivity index (χ0v) is 8.86. The molecule has 0 aliphatic heterocycles. The Kier molecular flexibility index (Phi) is 3.47. The number of hydrogen-bond donors (Lipinski definition) is 1. The molecule has 2 N–H and O–H groups in total. The van der Waals surface area contributed by atoms with E-state index in [0.717, 1.165) is 16.9 Å². The molecular formula is C11H16FNO. The van der Waals surface area contributed by atoms with Gasteiger partial charge < -0.3 is 10.5 Å². The van der Waals surface area contributed by atoms with Crippen LogP contribution in [0.2, 0.25) is 0 Å². The minimum atomic E-state index is -0.188. The van der Waals surface area contributed by atoms with Crippen LogP contribution in [0, 0.1) is 19.7 Å². The standard InChI is InChI=1S/C11H16FNO/c1-7-6-10(12)8(2)9(4-5-13)11(7)14-3/h6H,4-5,13H2,1-3H3. The van der Waals surface area contributed by atoms with Crippen molar-refractivity contribution in [2.75, 3.05) is 13.7 Å². The van der Waals surface area contributed by atoms with Crippen LogP contribution in [0.4, 0.5) is 4.39 Å². The molecular weight excluding hydrogens is 181 g/mol. The van der Waals surface area contributed by atoms with Gasteiger partial charge in [-0.1, -0.05) is 0 Å². The predicted octanol–water partition coefficient (Wildman–Crippen LogP) is 1.95. The molecule has 0 saturated heterocycles. The number of methoxy groups -OCH3 is 1. The molecule has 0 unspecified atom stereocenters. The molecule has 0 aliphatic rings. The van der Waals surface area contributed by atoms with Crippen molar-refractivity contribution in [1.82, 2.24) is 0 Å². The molecule has 78 valence electrons. The summed E-state index contributed by atoms with van der Waals surface area (Å²) in [5.74, 6) is 0.570. The first-order valence-corrected chi connectivity index (χ1v) is 4.64. The van der Waals surface area contributed by atoms with Crippen molar-refractivity contribution >= 4 is 0 Å². The fraction of sp³-hybridized carbons (Fsp3) is 0.455. The topological polar surface area (TPSA) is 35.2 Å². The lowest BCUT2D eigenvalue weighted by Gasteiger charge is -2.14. The van der Waals surface area contributed by atoms with Crippen LogP contribution in [0.5, 0.6) is 5.75 Å². The van der Waals surface area contributed by atoms with Crippen LogP contribution in [0.25, 0.3) is 0 Å². The maximum absolute atomic E-state index is 13.4. The lowest BCUT2D eigenvalue weighted by Crippen LogP contribution is -2.08. The van der Waals surface area contributed by atoms with Crippen molar-refractivity contribution in [2.45, 2.75) is 20.3 Å². The highest BCUT2D eigenvalue weighted by molar-refractivity contribution is 5.46. The SMILES string of the molecule is COc1c(C)cc(F)c(C)c1CCN. The van der Waals surface area contributed by atoms with Crippen molar-refractivity contribution in [2.24, 2.45) is 5.73 Å². The quantitative estimate of drug-likeness (QED) is 0.803. The van der Waals surface area contributed by atoms with Crippen LogP contribution in [0.15, 0.2) is 6.07 Å². The van der Waals surface area contributed by atoms with Crippen LogP contribution in [0.3, 0.4) is 0 Å². The second-order valence-electron chi connectivity index (χ2n) is 3.35. The molecule has 1 rings (SSSR count). The van der Waals surface area contributed by atoms with Gasteiger partial charge in [-0.2, -0.15) is 0 Å². The maximum atomic E-state index is 13.4. The molecule has 0 atom stereocenters. The van der Waals surface area contributed by atoms with Gasteiger partial charge in [-0.25, -0.2) is 4.39 Å². The Morgan fingerprint density at radius 2 is 2.07 bits per heavy atom. The average molecular weight is 197 g/mol. The van der Waals surface area contributed by atoms with Crippen LogP contribution in [-0.2, 0) is 6.42 Å². The number of aryl methyl sites for hydroxylation is 1. The van der Waals surface area contributed by atoms with Gasteiger partial charge in [0.1, 0.15) is 11.6 Å². The maximum Gasteiger partial charge on any atom is 0.126 e. The molecule has 3 heteroatoms. The molecule has 14 heavy (non-hydrogen) atoms. The van der Waals surface area contributed by atoms with E-state index in [4.69, 9.17) is 10.5 Å². The lowest BCUT2D eigenvalue weighted by atomic mass is 10.0. The molecule has 2 nitrogen and oxygen atoms in total. The smallest absolute Gasteiger partial charge is 0.126 e. The van der Waals surface area contributed by atoms with E-state index in [1.54, 1.807) is 14.0 Å². The second kappa shape index (κ2) is 4.42. The van der Waals surface area contributed by atoms with Gasteiger partial charge >= 0.3 is 0 Å². The van der Waals surface area contributed by atoms with Gasteiger partial charge in [-0.05, 0) is 44.0 Å². The Morgan fingerprint density at radius 1 is 1.43 bits per heavy atom. The first kappa shape index (κ1) is 11.0. The Hall–Kier alpha value is -1.09. The van der Waals surface area contributed by atoms with E-state index in [9.17, 15) is 4.39 Å². The van der Waals surface area contributed by atoms with Gasteiger partial charge in [-0.15, -0.1) is 0 Å². The summed E-state index contributed by atoms with van der Waals surface area (Å²) in [6, 6.07) is 1.49. The monoisotopic (exact) mass is 197 g/mol. The third kappa shape index (κ3) is 1.87. The van der Waals surface area contributed by atoms with E-state index < -0.39 is 0 Å². The normalized spacial score (nSPS) is 10.4. The Labute approximate surface area is 83.9 Å². The van der Waals surface area contributed by atoms with E-state index in [1.165, 1.54) is 6.07 Å². The number of hydrogen-bond acceptors (Lipinski definition) is 2. The van der Waals surface area contributed by atoms with Crippen LogP contribution >= 0.6 is 0 Å². The third-order valence-electron chi connectivity index (χ3n) is 2.38. The van der Waals surface area contributed by atoms with Crippen molar-refractivity contribution in [1.29, 1.82) is 0 Å². The summed E-state index contributed by atoms with van der Waals surface area (Å²) in [6.07, 6.45) is 0.646. The molecule has 0 fully saturated rings. The average Bonchev–Trinajstić information content (AvgIpc) is 2.14. The minimum absolute atomic E-state index is 0.188. The van der Waals surface area contributed by atoms with Crippen LogP contribution < -0.4 is 10.5 Å². The highest BCUT2D eigenvalue weighted by Crippen LogP contribution is 2.28. The molecule has 0 saturated carbocycles. The molecule has 0 aliphatic carbocycles. The number of halogens is 1. The largest absolute Gasteiger partial charge is 0.496 e. The summed E-state index contributed by atoms with van der Waals surface area (Å²) in [5, 5.41) is 0. The summed E-state index contributed by atoms with van der Waals surface area (Å²) < 4.78 is 18.6. The second-order valence-corrected chi connectivity index (χ2v) is 3.35. The molecule has 0 amide bonds. The fourth-order valence-electron chi connectivity index (χ4n) is 1.65. The van der Waals surface area contributed by atoms with Crippen molar-refractivity contribution in [3.05, 3.63) is 28.6 Å². The zero-order valence-electron chi connectivity index (χ0n) is 8.86. The van der Waals surface area contributed by atoms with Crippen molar-refractivity contribution in [3.8, 4) is 5.75 Å². The summed E-state index contributed by atoms with van der Waals surface area (Å²) in [4.78, 5) is 0. The molecule has 1 aromatic carbocycles. The van der Waals surface area contributed by atoms with Gasteiger partial charge in [0.25, 0.3) is 0 Å². The van der Waals surface area contributed by atoms with E-state index in [1.807, 2.05) is 6.92 Å². The third-order valence-corrected chi connectivity index (χ3v) is 2.38. The minimum Gasteiger partial charge on any atom is -0.496 e. The van der Waals surface area contributed by atoms with E-state index in [2.05, 4.69) is 0 Å².